The molecule has 0 spiro atoms. The summed E-state index contributed by atoms with van der Waals surface area (Å²) < 4.78 is 0. The molecule has 4 heteroatoms. The van der Waals surface area contributed by atoms with Crippen molar-refractivity contribution in [2.45, 2.75) is 58.0 Å². The topological polar surface area (TPSA) is 53.6 Å². The molecule has 0 radical (unpaired) electrons. The fourth-order valence-electron chi connectivity index (χ4n) is 2.28. The molecule has 0 aromatic carbocycles. The molecule has 0 aromatic heterocycles. The highest BCUT2D eigenvalue weighted by Gasteiger charge is 2.18. The molecule has 0 aliphatic heterocycles. The zero-order valence-corrected chi connectivity index (χ0v) is 11.8. The summed E-state index contributed by atoms with van der Waals surface area (Å²) in [6.45, 7) is 8.03. The van der Waals surface area contributed by atoms with E-state index in [0.29, 0.717) is 5.96 Å². The molecule has 1 aliphatic rings. The first-order valence-corrected chi connectivity index (χ1v) is 6.67. The molecule has 0 amide bonds. The zero-order chi connectivity index (χ0) is 12.9. The Balaban J connectivity index is 2.23. The van der Waals surface area contributed by atoms with Crippen LogP contribution in [0.15, 0.2) is 4.99 Å². The Hall–Kier alpha value is -0.770. The van der Waals surface area contributed by atoms with Gasteiger partial charge in [-0.2, -0.15) is 0 Å². The molecule has 0 atom stereocenters. The van der Waals surface area contributed by atoms with E-state index in [1.807, 2.05) is 0 Å². The van der Waals surface area contributed by atoms with E-state index in [-0.39, 0.29) is 5.54 Å². The highest BCUT2D eigenvalue weighted by Crippen LogP contribution is 2.21. The predicted octanol–water partition coefficient (Wildman–Crippen LogP) is 1.56. The molecule has 0 bridgehead atoms. The number of nitrogens with two attached hydrogens (primary N) is 1. The first-order chi connectivity index (χ1) is 7.88. The van der Waals surface area contributed by atoms with Gasteiger partial charge in [0, 0.05) is 18.1 Å². The van der Waals surface area contributed by atoms with Crippen LogP contribution >= 0.6 is 0 Å². The van der Waals surface area contributed by atoms with Crippen molar-refractivity contribution in [3.05, 3.63) is 0 Å². The lowest BCUT2D eigenvalue weighted by Gasteiger charge is -2.24. The van der Waals surface area contributed by atoms with E-state index in [4.69, 9.17) is 5.73 Å². The lowest BCUT2D eigenvalue weighted by molar-refractivity contribution is 0.252. The molecule has 1 aliphatic carbocycles. The Morgan fingerprint density at radius 3 is 2.47 bits per heavy atom. The number of rotatable bonds is 4. The van der Waals surface area contributed by atoms with Crippen LogP contribution in [0.3, 0.4) is 0 Å². The van der Waals surface area contributed by atoms with Crippen molar-refractivity contribution in [1.29, 1.82) is 0 Å². The molecule has 1 saturated carbocycles. The van der Waals surface area contributed by atoms with Gasteiger partial charge in [-0.05, 0) is 40.7 Å². The normalized spacial score (nSPS) is 19.0. The molecule has 4 nitrogen and oxygen atoms in total. The van der Waals surface area contributed by atoms with E-state index in [1.165, 1.54) is 25.7 Å². The monoisotopic (exact) mass is 240 g/mol. The van der Waals surface area contributed by atoms with Crippen LogP contribution in [0.2, 0.25) is 0 Å². The number of likely N-dealkylation sites (N-methyl/N-ethyl adjacent to an activating group) is 1. The Morgan fingerprint density at radius 1 is 1.35 bits per heavy atom. The summed E-state index contributed by atoms with van der Waals surface area (Å²) in [7, 11) is 2.19. The summed E-state index contributed by atoms with van der Waals surface area (Å²) in [5.74, 6) is 0.553. The zero-order valence-electron chi connectivity index (χ0n) is 11.8. The second kappa shape index (κ2) is 6.24. The number of nitrogens with one attached hydrogen (secondary N) is 1. The third-order valence-electron chi connectivity index (χ3n) is 3.19. The van der Waals surface area contributed by atoms with Crippen LogP contribution in [-0.4, -0.2) is 42.6 Å². The molecule has 0 saturated heterocycles. The molecule has 1 fully saturated rings. The summed E-state index contributed by atoms with van der Waals surface area (Å²) in [4.78, 5) is 6.78. The number of hydrogen-bond donors (Lipinski definition) is 2. The summed E-state index contributed by atoms with van der Waals surface area (Å²) >= 11 is 0. The third kappa shape index (κ3) is 5.91. The van der Waals surface area contributed by atoms with Gasteiger partial charge in [0.2, 0.25) is 0 Å². The average Bonchev–Trinajstić information content (AvgIpc) is 2.66. The fraction of sp³-hybridized carbons (Fsp3) is 0.923. The minimum Gasteiger partial charge on any atom is -0.370 e. The van der Waals surface area contributed by atoms with E-state index in [0.717, 1.165) is 19.1 Å². The number of hydrogen-bond acceptors (Lipinski definition) is 2. The van der Waals surface area contributed by atoms with Gasteiger partial charge in [0.1, 0.15) is 0 Å². The van der Waals surface area contributed by atoms with Gasteiger partial charge in [-0.3, -0.25) is 4.99 Å². The van der Waals surface area contributed by atoms with Crippen LogP contribution in [0.25, 0.3) is 0 Å². The van der Waals surface area contributed by atoms with Gasteiger partial charge in [-0.15, -0.1) is 0 Å². The fourth-order valence-corrected chi connectivity index (χ4v) is 2.28. The maximum atomic E-state index is 5.82. The van der Waals surface area contributed by atoms with Crippen molar-refractivity contribution in [2.75, 3.05) is 20.1 Å². The molecule has 1 rings (SSSR count). The highest BCUT2D eigenvalue weighted by molar-refractivity contribution is 5.78. The van der Waals surface area contributed by atoms with Crippen LogP contribution in [0.4, 0.5) is 0 Å². The van der Waals surface area contributed by atoms with Gasteiger partial charge in [0.05, 0.1) is 6.54 Å². The van der Waals surface area contributed by atoms with E-state index in [1.54, 1.807) is 0 Å². The smallest absolute Gasteiger partial charge is 0.189 e. The maximum Gasteiger partial charge on any atom is 0.189 e. The molecule has 100 valence electrons. The van der Waals surface area contributed by atoms with Gasteiger partial charge in [0.25, 0.3) is 0 Å². The largest absolute Gasteiger partial charge is 0.370 e. The van der Waals surface area contributed by atoms with Crippen LogP contribution in [0.5, 0.6) is 0 Å². The van der Waals surface area contributed by atoms with Crippen molar-refractivity contribution >= 4 is 5.96 Å². The Labute approximate surface area is 106 Å². The molecule has 3 N–H and O–H groups in total. The van der Waals surface area contributed by atoms with Gasteiger partial charge in [-0.25, -0.2) is 0 Å². The van der Waals surface area contributed by atoms with Gasteiger partial charge >= 0.3 is 0 Å². The Kier molecular flexibility index (Phi) is 5.25. The predicted molar refractivity (Wildman–Crippen MR) is 74.3 cm³/mol. The maximum absolute atomic E-state index is 5.82. The number of aliphatic imine (C=N–C) groups is 1. The van der Waals surface area contributed by atoms with Crippen LogP contribution in [0.1, 0.15) is 46.5 Å². The standard InChI is InChI=1S/C13H28N4/c1-13(2,3)16-12(14)15-9-10-17(4)11-7-5-6-8-11/h11H,5-10H2,1-4H3,(H3,14,15,16). The van der Waals surface area contributed by atoms with Crippen molar-refractivity contribution in [3.8, 4) is 0 Å². The molecule has 0 unspecified atom stereocenters. The third-order valence-corrected chi connectivity index (χ3v) is 3.19. The van der Waals surface area contributed by atoms with Gasteiger partial charge in [-0.1, -0.05) is 12.8 Å². The van der Waals surface area contributed by atoms with E-state index >= 15 is 0 Å². The van der Waals surface area contributed by atoms with E-state index in [2.05, 4.69) is 43.0 Å². The SMILES string of the molecule is CN(CCN=C(N)NC(C)(C)C)C1CCCC1. The number of guanidine groups is 1. The Morgan fingerprint density at radius 2 is 1.94 bits per heavy atom. The number of nitrogens with zero attached hydrogens (tertiary/aromatic N) is 2. The first-order valence-electron chi connectivity index (χ1n) is 6.67. The Bertz CT molecular complexity index is 249. The molecule has 17 heavy (non-hydrogen) atoms. The van der Waals surface area contributed by atoms with Crippen LogP contribution < -0.4 is 11.1 Å². The first kappa shape index (κ1) is 14.3. The second-order valence-corrected chi connectivity index (χ2v) is 6.06. The molecular formula is C13H28N4. The van der Waals surface area contributed by atoms with E-state index in [9.17, 15) is 0 Å². The quantitative estimate of drug-likeness (QED) is 0.579. The minimum atomic E-state index is -0.00899. The minimum absolute atomic E-state index is 0.00899. The van der Waals surface area contributed by atoms with Crippen LogP contribution in [-0.2, 0) is 0 Å². The molecule has 0 heterocycles. The summed E-state index contributed by atoms with van der Waals surface area (Å²) in [6, 6.07) is 0.766. The summed E-state index contributed by atoms with van der Waals surface area (Å²) in [5.41, 5.74) is 5.81. The van der Waals surface area contributed by atoms with Gasteiger partial charge < -0.3 is 16.0 Å². The van der Waals surface area contributed by atoms with Crippen molar-refractivity contribution in [3.63, 3.8) is 0 Å². The average molecular weight is 240 g/mol. The van der Waals surface area contributed by atoms with Crippen LogP contribution in [0, 0.1) is 0 Å². The lowest BCUT2D eigenvalue weighted by atomic mass is 10.1. The molecular weight excluding hydrogens is 212 g/mol. The second-order valence-electron chi connectivity index (χ2n) is 6.06. The van der Waals surface area contributed by atoms with Crippen molar-refractivity contribution in [1.82, 2.24) is 10.2 Å². The van der Waals surface area contributed by atoms with Gasteiger partial charge in [0.15, 0.2) is 5.96 Å². The lowest BCUT2D eigenvalue weighted by Crippen LogP contribution is -2.45. The van der Waals surface area contributed by atoms with Crippen molar-refractivity contribution < 1.29 is 0 Å². The van der Waals surface area contributed by atoms with E-state index < -0.39 is 0 Å². The summed E-state index contributed by atoms with van der Waals surface area (Å²) in [6.07, 6.45) is 5.45. The van der Waals surface area contributed by atoms with Crippen molar-refractivity contribution in [2.24, 2.45) is 10.7 Å². The molecule has 0 aromatic rings. The highest BCUT2D eigenvalue weighted by atomic mass is 15.2. The summed E-state index contributed by atoms with van der Waals surface area (Å²) in [5, 5.41) is 3.17.